The molecule has 0 spiro atoms. The molecule has 8 heteroatoms. The molecule has 3 aromatic rings. The topological polar surface area (TPSA) is 91.1 Å². The number of piperazine rings is 1. The molecule has 32 heavy (non-hydrogen) atoms. The molecular weight excluding hydrogens is 410 g/mol. The van der Waals surface area contributed by atoms with Crippen molar-refractivity contribution in [1.29, 1.82) is 0 Å². The Morgan fingerprint density at radius 1 is 0.812 bits per heavy atom. The summed E-state index contributed by atoms with van der Waals surface area (Å²) in [5, 5.41) is 0.873. The lowest BCUT2D eigenvalue weighted by Crippen LogP contribution is -2.51. The summed E-state index contributed by atoms with van der Waals surface area (Å²) >= 11 is 0. The molecule has 5 rings (SSSR count). The molecule has 0 aliphatic carbocycles. The van der Waals surface area contributed by atoms with Gasteiger partial charge in [-0.2, -0.15) is 0 Å². The Kier molecular flexibility index (Phi) is 4.97. The molecule has 8 nitrogen and oxygen atoms in total. The molecule has 0 N–H and O–H groups in total. The smallest absolute Gasteiger partial charge is 0.289 e. The van der Waals surface area contributed by atoms with Gasteiger partial charge in [0.1, 0.15) is 5.58 Å². The second kappa shape index (κ2) is 7.96. The number of rotatable bonds is 4. The first-order valence-electron chi connectivity index (χ1n) is 10.5. The van der Waals surface area contributed by atoms with Gasteiger partial charge in [-0.25, -0.2) is 0 Å². The van der Waals surface area contributed by atoms with E-state index >= 15 is 0 Å². The molecule has 2 aliphatic heterocycles. The molecule has 4 amide bonds. The normalized spacial score (nSPS) is 16.1. The zero-order chi connectivity index (χ0) is 22.2. The van der Waals surface area contributed by atoms with Crippen molar-refractivity contribution in [3.8, 4) is 0 Å². The van der Waals surface area contributed by atoms with Gasteiger partial charge in [-0.05, 0) is 24.3 Å². The lowest BCUT2D eigenvalue weighted by Gasteiger charge is -2.34. The summed E-state index contributed by atoms with van der Waals surface area (Å²) < 4.78 is 5.66. The fraction of sp³-hybridized carbons (Fsp3) is 0.250. The number of furan rings is 1. The van der Waals surface area contributed by atoms with Gasteiger partial charge in [0.25, 0.3) is 17.7 Å². The van der Waals surface area contributed by atoms with Crippen molar-refractivity contribution in [2.45, 2.75) is 6.42 Å². The van der Waals surface area contributed by atoms with Crippen molar-refractivity contribution in [3.05, 3.63) is 71.5 Å². The molecule has 162 valence electrons. The molecule has 0 saturated carbocycles. The molecule has 1 fully saturated rings. The Morgan fingerprint density at radius 3 is 2.06 bits per heavy atom. The van der Waals surface area contributed by atoms with Crippen molar-refractivity contribution in [2.75, 3.05) is 32.7 Å². The number of amides is 4. The largest absolute Gasteiger partial charge is 0.451 e. The average Bonchev–Trinajstić information content (AvgIpc) is 3.37. The van der Waals surface area contributed by atoms with E-state index in [4.69, 9.17) is 4.42 Å². The predicted molar refractivity (Wildman–Crippen MR) is 115 cm³/mol. The van der Waals surface area contributed by atoms with Gasteiger partial charge in [0.2, 0.25) is 5.91 Å². The van der Waals surface area contributed by atoms with E-state index in [1.807, 2.05) is 24.3 Å². The third-order valence-corrected chi connectivity index (χ3v) is 5.98. The van der Waals surface area contributed by atoms with Gasteiger partial charge in [0.15, 0.2) is 5.76 Å². The van der Waals surface area contributed by atoms with Crippen molar-refractivity contribution in [2.24, 2.45) is 0 Å². The van der Waals surface area contributed by atoms with E-state index in [9.17, 15) is 19.2 Å². The third kappa shape index (κ3) is 3.43. The quantitative estimate of drug-likeness (QED) is 0.592. The fourth-order valence-electron chi connectivity index (χ4n) is 4.21. The minimum Gasteiger partial charge on any atom is -0.451 e. The number of fused-ring (bicyclic) bond motifs is 2. The number of carbonyl (C=O) groups excluding carboxylic acids is 4. The summed E-state index contributed by atoms with van der Waals surface area (Å²) in [5.74, 6) is -0.771. The standard InChI is InChI=1S/C24H21N3O5/c28-21(9-10-27-22(29)17-6-2-3-7-18(17)23(27)30)25-11-13-26(14-12-25)24(31)20-15-16-5-1-4-8-19(16)32-20/h1-8,15H,9-14H2. The maximum absolute atomic E-state index is 12.8. The van der Waals surface area contributed by atoms with Crippen LogP contribution >= 0.6 is 0 Å². The highest BCUT2D eigenvalue weighted by atomic mass is 16.3. The van der Waals surface area contributed by atoms with E-state index in [0.29, 0.717) is 42.9 Å². The number of imide groups is 1. The molecule has 1 aromatic heterocycles. The Balaban J connectivity index is 1.15. The van der Waals surface area contributed by atoms with Gasteiger partial charge in [-0.15, -0.1) is 0 Å². The molecule has 0 atom stereocenters. The molecule has 0 radical (unpaired) electrons. The third-order valence-electron chi connectivity index (χ3n) is 5.98. The first kappa shape index (κ1) is 20.0. The fourth-order valence-corrected chi connectivity index (χ4v) is 4.21. The zero-order valence-corrected chi connectivity index (χ0v) is 17.3. The van der Waals surface area contributed by atoms with Crippen LogP contribution in [0.15, 0.2) is 59.0 Å². The number of hydrogen-bond donors (Lipinski definition) is 0. The monoisotopic (exact) mass is 431 g/mol. The molecule has 2 aliphatic rings. The van der Waals surface area contributed by atoms with Crippen LogP contribution in [0.25, 0.3) is 11.0 Å². The van der Waals surface area contributed by atoms with E-state index in [-0.39, 0.29) is 42.4 Å². The summed E-state index contributed by atoms with van der Waals surface area (Å²) in [6.45, 7) is 1.63. The van der Waals surface area contributed by atoms with Crippen LogP contribution in [0, 0.1) is 0 Å². The van der Waals surface area contributed by atoms with E-state index in [1.165, 1.54) is 0 Å². The first-order valence-corrected chi connectivity index (χ1v) is 10.5. The van der Waals surface area contributed by atoms with Gasteiger partial charge in [0.05, 0.1) is 11.1 Å². The van der Waals surface area contributed by atoms with Crippen LogP contribution in [0.1, 0.15) is 37.7 Å². The van der Waals surface area contributed by atoms with Crippen LogP contribution in [0.4, 0.5) is 0 Å². The highest BCUT2D eigenvalue weighted by molar-refractivity contribution is 6.21. The SMILES string of the molecule is O=C(CCN1C(=O)c2ccccc2C1=O)N1CCN(C(=O)c2cc3ccccc3o2)CC1. The number of hydrogen-bond acceptors (Lipinski definition) is 5. The summed E-state index contributed by atoms with van der Waals surface area (Å²) in [7, 11) is 0. The second-order valence-electron chi connectivity index (χ2n) is 7.88. The van der Waals surface area contributed by atoms with Crippen LogP contribution in [0.2, 0.25) is 0 Å². The number of nitrogens with zero attached hydrogens (tertiary/aromatic N) is 3. The average molecular weight is 431 g/mol. The summed E-state index contributed by atoms with van der Waals surface area (Å²) in [6, 6.07) is 15.8. The van der Waals surface area contributed by atoms with Gasteiger partial charge < -0.3 is 14.2 Å². The van der Waals surface area contributed by atoms with Crippen molar-refractivity contribution in [1.82, 2.24) is 14.7 Å². The lowest BCUT2D eigenvalue weighted by atomic mass is 10.1. The number of benzene rings is 2. The first-order chi connectivity index (χ1) is 15.5. The van der Waals surface area contributed by atoms with E-state index < -0.39 is 0 Å². The summed E-state index contributed by atoms with van der Waals surface area (Å²) in [4.78, 5) is 54.8. The summed E-state index contributed by atoms with van der Waals surface area (Å²) in [5.41, 5.74) is 1.42. The van der Waals surface area contributed by atoms with Crippen LogP contribution in [0.3, 0.4) is 0 Å². The van der Waals surface area contributed by atoms with Crippen molar-refractivity contribution in [3.63, 3.8) is 0 Å². The molecular formula is C24H21N3O5. The van der Waals surface area contributed by atoms with E-state index in [2.05, 4.69) is 0 Å². The van der Waals surface area contributed by atoms with Gasteiger partial charge >= 0.3 is 0 Å². The highest BCUT2D eigenvalue weighted by Gasteiger charge is 2.35. The summed E-state index contributed by atoms with van der Waals surface area (Å²) in [6.07, 6.45) is 0.0585. The van der Waals surface area contributed by atoms with Gasteiger partial charge in [0, 0.05) is 44.5 Å². The van der Waals surface area contributed by atoms with Crippen LogP contribution < -0.4 is 0 Å². The van der Waals surface area contributed by atoms with Gasteiger partial charge in [-0.3, -0.25) is 24.1 Å². The van der Waals surface area contributed by atoms with E-state index in [0.717, 1.165) is 10.3 Å². The maximum Gasteiger partial charge on any atom is 0.289 e. The van der Waals surface area contributed by atoms with Crippen molar-refractivity contribution < 1.29 is 23.6 Å². The van der Waals surface area contributed by atoms with Crippen LogP contribution in [-0.4, -0.2) is 71.1 Å². The predicted octanol–water partition coefficient (Wildman–Crippen LogP) is 2.40. The van der Waals surface area contributed by atoms with Crippen LogP contribution in [-0.2, 0) is 4.79 Å². The highest BCUT2D eigenvalue weighted by Crippen LogP contribution is 2.23. The molecule has 0 unspecified atom stereocenters. The Morgan fingerprint density at radius 2 is 1.41 bits per heavy atom. The molecule has 0 bridgehead atoms. The number of para-hydroxylation sites is 1. The van der Waals surface area contributed by atoms with Gasteiger partial charge in [-0.1, -0.05) is 30.3 Å². The Hall–Kier alpha value is -3.94. The number of carbonyl (C=O) groups is 4. The Bertz CT molecular complexity index is 1170. The minimum atomic E-state index is -0.361. The molecule has 3 heterocycles. The maximum atomic E-state index is 12.8. The zero-order valence-electron chi connectivity index (χ0n) is 17.3. The molecule has 2 aromatic carbocycles. The van der Waals surface area contributed by atoms with Crippen LogP contribution in [0.5, 0.6) is 0 Å². The minimum absolute atomic E-state index is 0.0449. The van der Waals surface area contributed by atoms with Crippen molar-refractivity contribution >= 4 is 34.6 Å². The van der Waals surface area contributed by atoms with E-state index in [1.54, 1.807) is 40.1 Å². The Labute approximate surface area is 184 Å². The second-order valence-corrected chi connectivity index (χ2v) is 7.88. The lowest BCUT2D eigenvalue weighted by molar-refractivity contribution is -0.132. The molecule has 1 saturated heterocycles.